The third-order valence-electron chi connectivity index (χ3n) is 2.46. The van der Waals surface area contributed by atoms with Gasteiger partial charge in [-0.05, 0) is 18.2 Å². The van der Waals surface area contributed by atoms with Crippen molar-refractivity contribution in [3.63, 3.8) is 0 Å². The minimum atomic E-state index is -0.478. The van der Waals surface area contributed by atoms with E-state index in [1.165, 1.54) is 30.1 Å². The molecule has 0 aliphatic heterocycles. The van der Waals surface area contributed by atoms with Crippen molar-refractivity contribution in [1.82, 2.24) is 9.78 Å². The quantitative estimate of drug-likeness (QED) is 0.818. The number of aromatic nitrogens is 2. The zero-order chi connectivity index (χ0) is 13.3. The molecule has 0 bridgehead atoms. The van der Waals surface area contributed by atoms with E-state index in [2.05, 4.69) is 21.0 Å². The number of carbonyl (C=O) groups is 1. The maximum atomic E-state index is 13.3. The van der Waals surface area contributed by atoms with E-state index in [-0.39, 0.29) is 17.0 Å². The number of rotatable bonds is 3. The van der Waals surface area contributed by atoms with Crippen molar-refractivity contribution in [2.24, 2.45) is 7.05 Å². The lowest BCUT2D eigenvalue weighted by atomic mass is 10.1. The predicted octanol–water partition coefficient (Wildman–Crippen LogP) is 2.56. The van der Waals surface area contributed by atoms with Crippen LogP contribution in [-0.4, -0.2) is 22.7 Å². The standard InChI is InChI=1S/C12H10BrFN2O2/c1-16-11(10(18-2)6-15-16)12(17)7-3-8(13)5-9(14)4-7/h3-6H,1-2H3. The lowest BCUT2D eigenvalue weighted by Gasteiger charge is -2.05. The summed E-state index contributed by atoms with van der Waals surface area (Å²) in [4.78, 5) is 12.3. The largest absolute Gasteiger partial charge is 0.493 e. The van der Waals surface area contributed by atoms with Crippen LogP contribution in [0.25, 0.3) is 0 Å². The fourth-order valence-electron chi connectivity index (χ4n) is 1.65. The summed E-state index contributed by atoms with van der Waals surface area (Å²) in [6.45, 7) is 0. The number of halogens is 2. The van der Waals surface area contributed by atoms with Gasteiger partial charge in [0.25, 0.3) is 0 Å². The number of ketones is 1. The molecule has 94 valence electrons. The summed E-state index contributed by atoms with van der Waals surface area (Å²) in [7, 11) is 3.08. The fraction of sp³-hybridized carbons (Fsp3) is 0.167. The maximum Gasteiger partial charge on any atom is 0.214 e. The molecule has 0 N–H and O–H groups in total. The van der Waals surface area contributed by atoms with E-state index in [0.717, 1.165) is 0 Å². The number of aryl methyl sites for hydroxylation is 1. The Bertz CT molecular complexity index is 590. The Labute approximate surface area is 111 Å². The molecule has 0 unspecified atom stereocenters. The number of carbonyl (C=O) groups excluding carboxylic acids is 1. The molecule has 1 aromatic heterocycles. The number of benzene rings is 1. The summed E-state index contributed by atoms with van der Waals surface area (Å²) < 4.78 is 20.2. The van der Waals surface area contributed by atoms with E-state index >= 15 is 0 Å². The first-order valence-electron chi connectivity index (χ1n) is 5.09. The second-order valence-corrected chi connectivity index (χ2v) is 4.59. The third-order valence-corrected chi connectivity index (χ3v) is 2.92. The van der Waals surface area contributed by atoms with Gasteiger partial charge in [0.1, 0.15) is 5.82 Å². The number of hydrogen-bond donors (Lipinski definition) is 0. The smallest absolute Gasteiger partial charge is 0.214 e. The van der Waals surface area contributed by atoms with E-state index in [9.17, 15) is 9.18 Å². The molecule has 6 heteroatoms. The first kappa shape index (κ1) is 12.8. The van der Waals surface area contributed by atoms with Gasteiger partial charge in [-0.25, -0.2) is 4.39 Å². The monoisotopic (exact) mass is 312 g/mol. The number of hydrogen-bond acceptors (Lipinski definition) is 3. The Balaban J connectivity index is 2.50. The van der Waals surface area contributed by atoms with Gasteiger partial charge < -0.3 is 4.74 Å². The van der Waals surface area contributed by atoms with Crippen LogP contribution in [0.2, 0.25) is 0 Å². The SMILES string of the molecule is COc1cnn(C)c1C(=O)c1cc(F)cc(Br)c1. The van der Waals surface area contributed by atoms with Gasteiger partial charge in [-0.15, -0.1) is 0 Å². The highest BCUT2D eigenvalue weighted by atomic mass is 79.9. The molecule has 18 heavy (non-hydrogen) atoms. The Kier molecular flexibility index (Phi) is 3.47. The average Bonchev–Trinajstić information content (AvgIpc) is 2.68. The van der Waals surface area contributed by atoms with E-state index in [1.54, 1.807) is 13.1 Å². The molecule has 4 nitrogen and oxygen atoms in total. The first-order valence-corrected chi connectivity index (χ1v) is 5.89. The van der Waals surface area contributed by atoms with Gasteiger partial charge in [-0.2, -0.15) is 5.10 Å². The first-order chi connectivity index (χ1) is 8.52. The van der Waals surface area contributed by atoms with Crippen molar-refractivity contribution in [3.05, 3.63) is 45.9 Å². The van der Waals surface area contributed by atoms with Crippen molar-refractivity contribution >= 4 is 21.7 Å². The summed E-state index contributed by atoms with van der Waals surface area (Å²) in [6, 6.07) is 4.02. The van der Waals surface area contributed by atoms with Gasteiger partial charge in [0.15, 0.2) is 11.4 Å². The molecule has 1 aromatic carbocycles. The lowest BCUT2D eigenvalue weighted by molar-refractivity contribution is 0.102. The van der Waals surface area contributed by atoms with E-state index < -0.39 is 5.82 Å². The van der Waals surface area contributed by atoms with Crippen molar-refractivity contribution in [2.75, 3.05) is 7.11 Å². The van der Waals surface area contributed by atoms with Crippen LogP contribution < -0.4 is 4.74 Å². The number of methoxy groups -OCH3 is 1. The maximum absolute atomic E-state index is 13.3. The molecule has 0 saturated carbocycles. The van der Waals surface area contributed by atoms with Gasteiger partial charge in [0.2, 0.25) is 5.78 Å². The Hall–Kier alpha value is -1.69. The fourth-order valence-corrected chi connectivity index (χ4v) is 2.11. The summed E-state index contributed by atoms with van der Waals surface area (Å²) in [6.07, 6.45) is 1.45. The Morgan fingerprint density at radius 1 is 1.44 bits per heavy atom. The molecular weight excluding hydrogens is 303 g/mol. The van der Waals surface area contributed by atoms with Crippen molar-refractivity contribution in [3.8, 4) is 5.75 Å². The number of nitrogens with zero attached hydrogens (tertiary/aromatic N) is 2. The lowest BCUT2D eigenvalue weighted by Crippen LogP contribution is -2.10. The highest BCUT2D eigenvalue weighted by molar-refractivity contribution is 9.10. The van der Waals surface area contributed by atoms with Crippen molar-refractivity contribution in [2.45, 2.75) is 0 Å². The summed E-state index contributed by atoms with van der Waals surface area (Å²) in [5.41, 5.74) is 0.527. The molecule has 0 fully saturated rings. The Morgan fingerprint density at radius 2 is 2.17 bits per heavy atom. The predicted molar refractivity (Wildman–Crippen MR) is 67.3 cm³/mol. The highest BCUT2D eigenvalue weighted by Gasteiger charge is 2.20. The zero-order valence-corrected chi connectivity index (χ0v) is 11.4. The molecule has 0 atom stereocenters. The molecule has 0 radical (unpaired) electrons. The minimum Gasteiger partial charge on any atom is -0.493 e. The molecular formula is C12H10BrFN2O2. The van der Waals surface area contributed by atoms with Crippen LogP contribution in [0.3, 0.4) is 0 Å². The second-order valence-electron chi connectivity index (χ2n) is 3.67. The molecule has 0 spiro atoms. The zero-order valence-electron chi connectivity index (χ0n) is 9.78. The molecule has 0 amide bonds. The number of ether oxygens (including phenoxy) is 1. The summed E-state index contributed by atoms with van der Waals surface area (Å²) >= 11 is 3.15. The normalized spacial score (nSPS) is 10.4. The Morgan fingerprint density at radius 3 is 2.78 bits per heavy atom. The van der Waals surface area contributed by atoms with Gasteiger partial charge in [-0.1, -0.05) is 15.9 Å². The highest BCUT2D eigenvalue weighted by Crippen LogP contribution is 2.23. The van der Waals surface area contributed by atoms with Gasteiger partial charge in [0, 0.05) is 17.1 Å². The molecule has 2 rings (SSSR count). The van der Waals surface area contributed by atoms with Crippen molar-refractivity contribution < 1.29 is 13.9 Å². The van der Waals surface area contributed by atoms with Crippen LogP contribution in [0.15, 0.2) is 28.9 Å². The molecule has 0 aliphatic carbocycles. The van der Waals surface area contributed by atoms with Crippen LogP contribution in [0.1, 0.15) is 16.1 Å². The molecule has 2 aromatic rings. The van der Waals surface area contributed by atoms with Gasteiger partial charge in [0.05, 0.1) is 13.3 Å². The van der Waals surface area contributed by atoms with Crippen LogP contribution in [-0.2, 0) is 7.05 Å². The second kappa shape index (κ2) is 4.89. The van der Waals surface area contributed by atoms with Crippen LogP contribution in [0.5, 0.6) is 5.75 Å². The van der Waals surface area contributed by atoms with E-state index in [0.29, 0.717) is 10.2 Å². The molecule has 1 heterocycles. The van der Waals surface area contributed by atoms with Gasteiger partial charge >= 0.3 is 0 Å². The minimum absolute atomic E-state index is 0.240. The van der Waals surface area contributed by atoms with Crippen LogP contribution >= 0.6 is 15.9 Å². The van der Waals surface area contributed by atoms with Gasteiger partial charge in [-0.3, -0.25) is 9.48 Å². The van der Waals surface area contributed by atoms with Crippen LogP contribution in [0.4, 0.5) is 4.39 Å². The summed E-state index contributed by atoms with van der Waals surface area (Å²) in [5, 5.41) is 3.94. The van der Waals surface area contributed by atoms with Crippen molar-refractivity contribution in [1.29, 1.82) is 0 Å². The molecule has 0 aliphatic rings. The van der Waals surface area contributed by atoms with E-state index in [1.807, 2.05) is 0 Å². The third kappa shape index (κ3) is 2.28. The molecule has 0 saturated heterocycles. The average molecular weight is 313 g/mol. The topological polar surface area (TPSA) is 44.1 Å². The van der Waals surface area contributed by atoms with E-state index in [4.69, 9.17) is 4.74 Å². The van der Waals surface area contributed by atoms with Crippen LogP contribution in [0, 0.1) is 5.82 Å². The summed E-state index contributed by atoms with van der Waals surface area (Å²) in [5.74, 6) is -0.455.